The van der Waals surface area contributed by atoms with Crippen LogP contribution in [0.5, 0.6) is 5.88 Å². The molecule has 0 saturated carbocycles. The summed E-state index contributed by atoms with van der Waals surface area (Å²) in [4.78, 5) is 4.51. The molecular weight excluding hydrogens is 484 g/mol. The summed E-state index contributed by atoms with van der Waals surface area (Å²) in [6, 6.07) is 21.4. The zero-order valence-electron chi connectivity index (χ0n) is 19.4. The predicted octanol–water partition coefficient (Wildman–Crippen LogP) is 6.02. The van der Waals surface area contributed by atoms with Crippen LogP contribution in [-0.2, 0) is 10.0 Å². The van der Waals surface area contributed by atoms with Gasteiger partial charge in [-0.25, -0.2) is 22.2 Å². The van der Waals surface area contributed by atoms with Crippen molar-refractivity contribution in [3.05, 3.63) is 96.7 Å². The summed E-state index contributed by atoms with van der Waals surface area (Å²) in [6.07, 6.45) is 2.93. The average Bonchev–Trinajstić information content (AvgIpc) is 3.26. The van der Waals surface area contributed by atoms with Gasteiger partial charge in [-0.2, -0.15) is 0 Å². The SMILES string of the molecule is COc1cccc(-c2cc(-c3ccc(F)cc3F)cc(-n3ccc4ccc(NS(C)(=O)=O)cc43)c2)n1. The molecule has 0 bridgehead atoms. The Balaban J connectivity index is 1.73. The van der Waals surface area contributed by atoms with Crippen molar-refractivity contribution in [3.63, 3.8) is 0 Å². The summed E-state index contributed by atoms with van der Waals surface area (Å²) >= 11 is 0. The number of benzene rings is 3. The van der Waals surface area contributed by atoms with E-state index < -0.39 is 21.7 Å². The fourth-order valence-corrected chi connectivity index (χ4v) is 4.65. The van der Waals surface area contributed by atoms with Gasteiger partial charge in [0.1, 0.15) is 11.6 Å². The van der Waals surface area contributed by atoms with Crippen molar-refractivity contribution in [2.24, 2.45) is 0 Å². The van der Waals surface area contributed by atoms with Gasteiger partial charge in [-0.1, -0.05) is 12.1 Å². The highest BCUT2D eigenvalue weighted by Crippen LogP contribution is 2.33. The van der Waals surface area contributed by atoms with Crippen molar-refractivity contribution in [1.29, 1.82) is 0 Å². The third kappa shape index (κ3) is 4.78. The molecule has 0 saturated heterocycles. The molecule has 9 heteroatoms. The molecule has 0 aliphatic carbocycles. The number of sulfonamides is 1. The first-order valence-electron chi connectivity index (χ1n) is 10.9. The first kappa shape index (κ1) is 23.5. The second-order valence-electron chi connectivity index (χ2n) is 8.29. The lowest BCUT2D eigenvalue weighted by atomic mass is 9.99. The Kier molecular flexibility index (Phi) is 5.93. The van der Waals surface area contributed by atoms with E-state index in [4.69, 9.17) is 4.74 Å². The standard InChI is InChI=1S/C27H21F2N3O3S/c1-35-27-5-3-4-25(30-27)19-12-18(23-9-7-20(28)15-24(23)29)13-22(14-19)32-11-10-17-6-8-21(16-26(17)32)31-36(2,33)34/h3-16,31H,1-2H3. The van der Waals surface area contributed by atoms with E-state index in [9.17, 15) is 17.2 Å². The van der Waals surface area contributed by atoms with Gasteiger partial charge in [0.25, 0.3) is 0 Å². The summed E-state index contributed by atoms with van der Waals surface area (Å²) in [5, 5.41) is 0.883. The summed E-state index contributed by atoms with van der Waals surface area (Å²) in [5.74, 6) is -0.923. The van der Waals surface area contributed by atoms with Crippen LogP contribution >= 0.6 is 0 Å². The summed E-state index contributed by atoms with van der Waals surface area (Å²) in [5.41, 5.74) is 3.90. The quantitative estimate of drug-likeness (QED) is 0.306. The molecule has 0 amide bonds. The van der Waals surface area contributed by atoms with Gasteiger partial charge in [0.15, 0.2) is 0 Å². The maximum atomic E-state index is 14.8. The molecule has 36 heavy (non-hydrogen) atoms. The van der Waals surface area contributed by atoms with Gasteiger partial charge >= 0.3 is 0 Å². The summed E-state index contributed by atoms with van der Waals surface area (Å²) < 4.78 is 61.5. The lowest BCUT2D eigenvalue weighted by Gasteiger charge is -2.14. The van der Waals surface area contributed by atoms with Crippen LogP contribution in [0.2, 0.25) is 0 Å². The minimum absolute atomic E-state index is 0.235. The Bertz CT molecular complexity index is 1720. The Labute approximate surface area is 206 Å². The van der Waals surface area contributed by atoms with Gasteiger partial charge < -0.3 is 9.30 Å². The fourth-order valence-electron chi connectivity index (χ4n) is 4.10. The highest BCUT2D eigenvalue weighted by atomic mass is 32.2. The fraction of sp³-hybridized carbons (Fsp3) is 0.0741. The number of hydrogen-bond donors (Lipinski definition) is 1. The van der Waals surface area contributed by atoms with Crippen molar-refractivity contribution in [1.82, 2.24) is 9.55 Å². The molecule has 182 valence electrons. The lowest BCUT2D eigenvalue weighted by Crippen LogP contribution is -2.09. The van der Waals surface area contributed by atoms with Crippen LogP contribution in [0.3, 0.4) is 0 Å². The molecule has 0 fully saturated rings. The Morgan fingerprint density at radius 2 is 1.72 bits per heavy atom. The van der Waals surface area contributed by atoms with E-state index in [2.05, 4.69) is 9.71 Å². The number of fused-ring (bicyclic) bond motifs is 1. The number of anilines is 1. The zero-order chi connectivity index (χ0) is 25.4. The molecule has 0 aliphatic rings. The first-order valence-corrected chi connectivity index (χ1v) is 12.8. The minimum Gasteiger partial charge on any atom is -0.481 e. The molecule has 5 rings (SSSR count). The van der Waals surface area contributed by atoms with E-state index in [1.165, 1.54) is 19.2 Å². The number of nitrogens with zero attached hydrogens (tertiary/aromatic N) is 2. The summed E-state index contributed by atoms with van der Waals surface area (Å²) in [6.45, 7) is 0. The monoisotopic (exact) mass is 505 g/mol. The number of pyridine rings is 1. The molecule has 0 atom stereocenters. The zero-order valence-corrected chi connectivity index (χ0v) is 20.2. The van der Waals surface area contributed by atoms with E-state index in [0.717, 1.165) is 23.2 Å². The van der Waals surface area contributed by atoms with Crippen LogP contribution in [0.1, 0.15) is 0 Å². The normalized spacial score (nSPS) is 11.6. The van der Waals surface area contributed by atoms with E-state index in [1.54, 1.807) is 36.4 Å². The molecular formula is C27H21F2N3O3S. The van der Waals surface area contributed by atoms with Crippen molar-refractivity contribution >= 4 is 26.6 Å². The summed E-state index contributed by atoms with van der Waals surface area (Å²) in [7, 11) is -1.93. The van der Waals surface area contributed by atoms with E-state index >= 15 is 0 Å². The molecule has 2 aromatic heterocycles. The number of hydrogen-bond acceptors (Lipinski definition) is 4. The van der Waals surface area contributed by atoms with Gasteiger partial charge in [0.05, 0.1) is 30.3 Å². The van der Waals surface area contributed by atoms with Gasteiger partial charge in [-0.3, -0.25) is 4.72 Å². The number of methoxy groups -OCH3 is 1. The van der Waals surface area contributed by atoms with E-state index in [-0.39, 0.29) is 5.56 Å². The van der Waals surface area contributed by atoms with Gasteiger partial charge in [-0.15, -0.1) is 0 Å². The smallest absolute Gasteiger partial charge is 0.229 e. The van der Waals surface area contributed by atoms with Crippen LogP contribution in [0, 0.1) is 11.6 Å². The Morgan fingerprint density at radius 1 is 0.917 bits per heavy atom. The first-order chi connectivity index (χ1) is 17.2. The molecule has 5 aromatic rings. The van der Waals surface area contributed by atoms with Gasteiger partial charge in [-0.05, 0) is 60.2 Å². The number of rotatable bonds is 6. The van der Waals surface area contributed by atoms with Crippen LogP contribution in [0.25, 0.3) is 39.0 Å². The van der Waals surface area contributed by atoms with Crippen LogP contribution in [0.15, 0.2) is 85.1 Å². The topological polar surface area (TPSA) is 73.2 Å². The van der Waals surface area contributed by atoms with E-state index in [0.29, 0.717) is 34.1 Å². The van der Waals surface area contributed by atoms with Crippen molar-refractivity contribution < 1.29 is 21.9 Å². The molecule has 0 aliphatic heterocycles. The Hall–Kier alpha value is -4.24. The lowest BCUT2D eigenvalue weighted by molar-refractivity contribution is 0.398. The van der Waals surface area contributed by atoms with Crippen LogP contribution in [0.4, 0.5) is 14.5 Å². The average molecular weight is 506 g/mol. The van der Waals surface area contributed by atoms with Gasteiger partial charge in [0, 0.05) is 40.5 Å². The second-order valence-corrected chi connectivity index (χ2v) is 10.0. The largest absolute Gasteiger partial charge is 0.481 e. The second kappa shape index (κ2) is 9.09. The Morgan fingerprint density at radius 3 is 2.47 bits per heavy atom. The van der Waals surface area contributed by atoms with Gasteiger partial charge in [0.2, 0.25) is 15.9 Å². The number of nitrogens with one attached hydrogen (secondary N) is 1. The molecule has 0 radical (unpaired) electrons. The van der Waals surface area contributed by atoms with Crippen molar-refractivity contribution in [2.45, 2.75) is 0 Å². The number of aromatic nitrogens is 2. The molecule has 6 nitrogen and oxygen atoms in total. The predicted molar refractivity (Wildman–Crippen MR) is 137 cm³/mol. The van der Waals surface area contributed by atoms with Crippen molar-refractivity contribution in [2.75, 3.05) is 18.1 Å². The molecule has 1 N–H and O–H groups in total. The van der Waals surface area contributed by atoms with Crippen LogP contribution in [-0.4, -0.2) is 31.3 Å². The van der Waals surface area contributed by atoms with Crippen LogP contribution < -0.4 is 9.46 Å². The minimum atomic E-state index is -3.46. The maximum Gasteiger partial charge on any atom is 0.229 e. The molecule has 3 aromatic carbocycles. The number of halogens is 2. The number of ether oxygens (including phenoxy) is 1. The molecule has 0 spiro atoms. The highest BCUT2D eigenvalue weighted by molar-refractivity contribution is 7.92. The molecule has 0 unspecified atom stereocenters. The highest BCUT2D eigenvalue weighted by Gasteiger charge is 2.14. The maximum absolute atomic E-state index is 14.8. The van der Waals surface area contributed by atoms with Crippen molar-refractivity contribution in [3.8, 4) is 34.0 Å². The molecule has 2 heterocycles. The third-order valence-electron chi connectivity index (χ3n) is 5.66. The van der Waals surface area contributed by atoms with E-state index in [1.807, 2.05) is 35.0 Å². The third-order valence-corrected chi connectivity index (χ3v) is 6.27.